The Bertz CT molecular complexity index is 1240. The van der Waals surface area contributed by atoms with Crippen molar-refractivity contribution in [3.63, 3.8) is 0 Å². The highest BCUT2D eigenvalue weighted by atomic mass is 35.5. The zero-order chi connectivity index (χ0) is 20.4. The molecule has 1 N–H and O–H groups in total. The number of anilines is 1. The lowest BCUT2D eigenvalue weighted by Crippen LogP contribution is -2.19. The molecule has 29 heavy (non-hydrogen) atoms. The van der Waals surface area contributed by atoms with E-state index < -0.39 is 5.76 Å². The maximum absolute atomic E-state index is 12.3. The molecule has 0 unspecified atom stereocenters. The van der Waals surface area contributed by atoms with E-state index >= 15 is 0 Å². The maximum atomic E-state index is 12.3. The Kier molecular flexibility index (Phi) is 5.51. The second kappa shape index (κ2) is 8.23. The Morgan fingerprint density at radius 2 is 2.07 bits per heavy atom. The van der Waals surface area contributed by atoms with Crippen molar-refractivity contribution in [3.05, 3.63) is 80.2 Å². The Morgan fingerprint density at radius 1 is 1.24 bits per heavy atom. The van der Waals surface area contributed by atoms with E-state index in [1.165, 1.54) is 15.9 Å². The zero-order valence-corrected chi connectivity index (χ0v) is 17.2. The molecule has 2 aromatic heterocycles. The number of halogens is 1. The molecule has 0 fully saturated rings. The number of para-hydroxylation sites is 2. The molecule has 2 heterocycles. The van der Waals surface area contributed by atoms with Gasteiger partial charge in [-0.1, -0.05) is 41.9 Å². The molecule has 0 aliphatic carbocycles. The van der Waals surface area contributed by atoms with Crippen molar-refractivity contribution in [2.75, 3.05) is 5.32 Å². The zero-order valence-electron chi connectivity index (χ0n) is 15.6. The van der Waals surface area contributed by atoms with Gasteiger partial charge in [-0.05, 0) is 30.2 Å². The molecule has 148 valence electrons. The number of carbonyl (C=O) groups excluding carboxylic acids is 1. The van der Waals surface area contributed by atoms with Crippen LogP contribution in [0.2, 0.25) is 5.02 Å². The van der Waals surface area contributed by atoms with Crippen LogP contribution in [0.4, 0.5) is 5.13 Å². The van der Waals surface area contributed by atoms with Crippen LogP contribution in [-0.2, 0) is 17.8 Å². The molecule has 2 aromatic carbocycles. The predicted octanol–water partition coefficient (Wildman–Crippen LogP) is 4.63. The van der Waals surface area contributed by atoms with E-state index in [9.17, 15) is 9.59 Å². The van der Waals surface area contributed by atoms with Crippen molar-refractivity contribution < 1.29 is 9.21 Å². The van der Waals surface area contributed by atoms with Crippen LogP contribution in [0.25, 0.3) is 11.1 Å². The van der Waals surface area contributed by atoms with E-state index in [4.69, 9.17) is 16.0 Å². The van der Waals surface area contributed by atoms with Gasteiger partial charge in [0.2, 0.25) is 5.91 Å². The third kappa shape index (κ3) is 4.26. The number of aromatic nitrogens is 2. The van der Waals surface area contributed by atoms with E-state index in [-0.39, 0.29) is 18.9 Å². The minimum Gasteiger partial charge on any atom is -0.408 e. The third-order valence-corrected chi connectivity index (χ3v) is 6.03. The van der Waals surface area contributed by atoms with Gasteiger partial charge in [-0.3, -0.25) is 9.36 Å². The van der Waals surface area contributed by atoms with Crippen molar-refractivity contribution >= 4 is 45.1 Å². The van der Waals surface area contributed by atoms with Crippen LogP contribution < -0.4 is 11.1 Å². The number of amides is 1. The average Bonchev–Trinajstić information content (AvgIpc) is 3.27. The summed E-state index contributed by atoms with van der Waals surface area (Å²) in [4.78, 5) is 29.6. The number of benzene rings is 2. The predicted molar refractivity (Wildman–Crippen MR) is 115 cm³/mol. The molecule has 1 amide bonds. The largest absolute Gasteiger partial charge is 0.419 e. The molecule has 0 saturated heterocycles. The molecule has 4 aromatic rings. The molecule has 0 spiro atoms. The molecule has 0 radical (unpaired) electrons. The topological polar surface area (TPSA) is 77.1 Å². The van der Waals surface area contributed by atoms with Gasteiger partial charge in [0.25, 0.3) is 0 Å². The van der Waals surface area contributed by atoms with Crippen molar-refractivity contribution in [1.82, 2.24) is 9.55 Å². The number of aryl methyl sites for hydroxylation is 2. The summed E-state index contributed by atoms with van der Waals surface area (Å²) in [6.45, 7) is 2.21. The number of rotatable bonds is 6. The molecule has 0 aliphatic rings. The first-order valence-corrected chi connectivity index (χ1v) is 10.3. The minimum atomic E-state index is -0.467. The number of carbonyl (C=O) groups is 1. The first-order valence-electron chi connectivity index (χ1n) is 9.08. The number of hydrogen-bond acceptors (Lipinski definition) is 5. The first-order chi connectivity index (χ1) is 14.0. The fourth-order valence-corrected chi connectivity index (χ4v) is 4.14. The SMILES string of the molecule is Cc1cccc(Cc2cnc(NC(=O)CCn3c(=O)oc4ccccc43)s2)c1Cl. The lowest BCUT2D eigenvalue weighted by molar-refractivity contribution is -0.116. The number of nitrogens with one attached hydrogen (secondary N) is 1. The number of nitrogens with zero attached hydrogens (tertiary/aromatic N) is 2. The minimum absolute atomic E-state index is 0.141. The van der Waals surface area contributed by atoms with Gasteiger partial charge in [-0.25, -0.2) is 9.78 Å². The van der Waals surface area contributed by atoms with Gasteiger partial charge in [0, 0.05) is 35.5 Å². The monoisotopic (exact) mass is 427 g/mol. The van der Waals surface area contributed by atoms with Gasteiger partial charge in [0.1, 0.15) is 0 Å². The summed E-state index contributed by atoms with van der Waals surface area (Å²) >= 11 is 7.77. The van der Waals surface area contributed by atoms with E-state index in [1.54, 1.807) is 24.4 Å². The Balaban J connectivity index is 1.38. The third-order valence-electron chi connectivity index (χ3n) is 4.57. The first kappa shape index (κ1) is 19.4. The van der Waals surface area contributed by atoms with Gasteiger partial charge >= 0.3 is 5.76 Å². The normalized spacial score (nSPS) is 11.1. The summed E-state index contributed by atoms with van der Waals surface area (Å²) in [6.07, 6.45) is 2.54. The van der Waals surface area contributed by atoms with Gasteiger partial charge in [0.05, 0.1) is 5.52 Å². The lowest BCUT2D eigenvalue weighted by Gasteiger charge is -2.05. The van der Waals surface area contributed by atoms with E-state index in [0.29, 0.717) is 22.7 Å². The smallest absolute Gasteiger partial charge is 0.408 e. The molecular weight excluding hydrogens is 410 g/mol. The number of hydrogen-bond donors (Lipinski definition) is 1. The summed E-state index contributed by atoms with van der Waals surface area (Å²) in [5, 5.41) is 4.07. The molecular formula is C21H18ClN3O3S. The van der Waals surface area contributed by atoms with Crippen LogP contribution in [0, 0.1) is 6.92 Å². The molecule has 0 bridgehead atoms. The standard InChI is InChI=1S/C21H18ClN3O3S/c1-13-5-4-6-14(19(13)22)11-15-12-23-20(29-15)24-18(26)9-10-25-16-7-2-3-8-17(16)28-21(25)27/h2-8,12H,9-11H2,1H3,(H,23,24,26). The van der Waals surface area contributed by atoms with Gasteiger partial charge in [0.15, 0.2) is 10.7 Å². The Labute approximate surface area is 175 Å². The fourth-order valence-electron chi connectivity index (χ4n) is 3.10. The molecule has 0 saturated carbocycles. The van der Waals surface area contributed by atoms with Crippen LogP contribution in [0.3, 0.4) is 0 Å². The summed E-state index contributed by atoms with van der Waals surface area (Å²) in [7, 11) is 0. The van der Waals surface area contributed by atoms with E-state index in [1.807, 2.05) is 31.2 Å². The number of oxazole rings is 1. The number of thiazole rings is 1. The van der Waals surface area contributed by atoms with E-state index in [0.717, 1.165) is 21.0 Å². The van der Waals surface area contributed by atoms with Crippen molar-refractivity contribution in [2.45, 2.75) is 26.3 Å². The molecule has 4 rings (SSSR count). The number of fused-ring (bicyclic) bond motifs is 1. The molecule has 0 atom stereocenters. The van der Waals surface area contributed by atoms with Gasteiger partial charge < -0.3 is 9.73 Å². The second-order valence-corrected chi connectivity index (χ2v) is 8.14. The summed E-state index contributed by atoms with van der Waals surface area (Å²) in [5.41, 5.74) is 3.25. The highest BCUT2D eigenvalue weighted by Crippen LogP contribution is 2.26. The van der Waals surface area contributed by atoms with Gasteiger partial charge in [-0.15, -0.1) is 11.3 Å². The van der Waals surface area contributed by atoms with Crippen LogP contribution in [-0.4, -0.2) is 15.5 Å². The highest BCUT2D eigenvalue weighted by molar-refractivity contribution is 7.15. The molecule has 6 nitrogen and oxygen atoms in total. The molecule has 0 aliphatic heterocycles. The Morgan fingerprint density at radius 3 is 2.93 bits per heavy atom. The van der Waals surface area contributed by atoms with Crippen molar-refractivity contribution in [2.24, 2.45) is 0 Å². The highest BCUT2D eigenvalue weighted by Gasteiger charge is 2.12. The quantitative estimate of drug-likeness (QED) is 0.486. The van der Waals surface area contributed by atoms with Gasteiger partial charge in [-0.2, -0.15) is 0 Å². The Hall–Kier alpha value is -2.90. The summed E-state index contributed by atoms with van der Waals surface area (Å²) in [5.74, 6) is -0.678. The van der Waals surface area contributed by atoms with Crippen molar-refractivity contribution in [1.29, 1.82) is 0 Å². The van der Waals surface area contributed by atoms with Crippen LogP contribution >= 0.6 is 22.9 Å². The second-order valence-electron chi connectivity index (χ2n) is 6.64. The van der Waals surface area contributed by atoms with Crippen molar-refractivity contribution in [3.8, 4) is 0 Å². The average molecular weight is 428 g/mol. The fraction of sp³-hybridized carbons (Fsp3) is 0.190. The van der Waals surface area contributed by atoms with E-state index in [2.05, 4.69) is 10.3 Å². The maximum Gasteiger partial charge on any atom is 0.419 e. The summed E-state index contributed by atoms with van der Waals surface area (Å²) in [6, 6.07) is 13.1. The molecule has 8 heteroatoms. The summed E-state index contributed by atoms with van der Waals surface area (Å²) < 4.78 is 6.64. The van der Waals surface area contributed by atoms with Crippen LogP contribution in [0.1, 0.15) is 22.4 Å². The van der Waals surface area contributed by atoms with Crippen LogP contribution in [0.5, 0.6) is 0 Å². The van der Waals surface area contributed by atoms with Crippen LogP contribution in [0.15, 0.2) is 57.9 Å². The lowest BCUT2D eigenvalue weighted by atomic mass is 10.1.